The number of ether oxygens (including phenoxy) is 1. The zero-order valence-electron chi connectivity index (χ0n) is 16.4. The second-order valence-corrected chi connectivity index (χ2v) is 6.77. The molecule has 6 heteroatoms. The lowest BCUT2D eigenvalue weighted by Crippen LogP contribution is -2.54. The van der Waals surface area contributed by atoms with E-state index < -0.39 is 23.1 Å². The molecule has 2 N–H and O–H groups in total. The van der Waals surface area contributed by atoms with Crippen molar-refractivity contribution in [3.63, 3.8) is 0 Å². The lowest BCUT2D eigenvalue weighted by molar-refractivity contribution is -0.199. The summed E-state index contributed by atoms with van der Waals surface area (Å²) in [7, 11) is 0. The third kappa shape index (κ3) is 5.89. The van der Waals surface area contributed by atoms with E-state index in [1.165, 1.54) is 0 Å². The molecule has 0 aliphatic heterocycles. The van der Waals surface area contributed by atoms with Crippen LogP contribution in [0.5, 0.6) is 0 Å². The van der Waals surface area contributed by atoms with Crippen LogP contribution in [0.3, 0.4) is 0 Å². The molecule has 2 rings (SSSR count). The Morgan fingerprint density at radius 3 is 1.93 bits per heavy atom. The quantitative estimate of drug-likeness (QED) is 0.742. The first-order valence-corrected chi connectivity index (χ1v) is 8.80. The number of rotatable bonds is 6. The van der Waals surface area contributed by atoms with E-state index in [2.05, 4.69) is 4.98 Å². The number of nitrogens with zero attached hydrogens (tertiary/aromatic N) is 1. The fourth-order valence-electron chi connectivity index (χ4n) is 2.52. The van der Waals surface area contributed by atoms with Crippen LogP contribution in [0.25, 0.3) is 11.1 Å². The summed E-state index contributed by atoms with van der Waals surface area (Å²) in [6.45, 7) is 8.87. The van der Waals surface area contributed by atoms with Gasteiger partial charge in [-0.05, 0) is 43.5 Å². The third-order valence-corrected chi connectivity index (χ3v) is 3.57. The molecule has 0 bridgehead atoms. The SMILES string of the molecule is CC.CC(C)(C)OC(Cc1ccc(-c2cccnc2)cc1)(C(=O)O)C(=O)O. The zero-order chi connectivity index (χ0) is 20.7. The molecule has 6 nitrogen and oxygen atoms in total. The van der Waals surface area contributed by atoms with Crippen LogP contribution in [0.2, 0.25) is 0 Å². The molecule has 0 fully saturated rings. The third-order valence-electron chi connectivity index (χ3n) is 3.57. The Bertz CT molecular complexity index is 734. The Labute approximate surface area is 159 Å². The van der Waals surface area contributed by atoms with Crippen LogP contribution in [0.4, 0.5) is 0 Å². The van der Waals surface area contributed by atoms with Crippen LogP contribution < -0.4 is 0 Å². The van der Waals surface area contributed by atoms with E-state index in [-0.39, 0.29) is 6.42 Å². The summed E-state index contributed by atoms with van der Waals surface area (Å²) in [6.07, 6.45) is 3.12. The number of aliphatic carboxylic acids is 2. The summed E-state index contributed by atoms with van der Waals surface area (Å²) < 4.78 is 5.46. The molecule has 0 amide bonds. The number of hydrogen-bond donors (Lipinski definition) is 2. The van der Waals surface area contributed by atoms with E-state index in [4.69, 9.17) is 4.74 Å². The first-order valence-electron chi connectivity index (χ1n) is 8.80. The topological polar surface area (TPSA) is 96.7 Å². The summed E-state index contributed by atoms with van der Waals surface area (Å²) in [6, 6.07) is 10.7. The van der Waals surface area contributed by atoms with Gasteiger partial charge in [0.25, 0.3) is 5.60 Å². The molecule has 0 radical (unpaired) electrons. The van der Waals surface area contributed by atoms with Crippen LogP contribution in [0.1, 0.15) is 40.2 Å². The summed E-state index contributed by atoms with van der Waals surface area (Å²) in [4.78, 5) is 27.5. The van der Waals surface area contributed by atoms with Gasteiger partial charge in [0, 0.05) is 18.8 Å². The van der Waals surface area contributed by atoms with Gasteiger partial charge in [-0.15, -0.1) is 0 Å². The number of carbonyl (C=O) groups is 2. The number of carboxylic acid groups (broad SMARTS) is 2. The average molecular weight is 373 g/mol. The minimum absolute atomic E-state index is 0.276. The molecule has 0 saturated carbocycles. The Hall–Kier alpha value is -2.73. The minimum atomic E-state index is -2.34. The summed E-state index contributed by atoms with van der Waals surface area (Å²) in [5.74, 6) is -3.04. The van der Waals surface area contributed by atoms with Crippen molar-refractivity contribution in [2.45, 2.75) is 52.2 Å². The van der Waals surface area contributed by atoms with Crippen molar-refractivity contribution in [3.8, 4) is 11.1 Å². The highest BCUT2D eigenvalue weighted by Crippen LogP contribution is 2.27. The maximum atomic E-state index is 11.7. The van der Waals surface area contributed by atoms with Crippen LogP contribution in [0.15, 0.2) is 48.8 Å². The molecule has 2 aromatic rings. The Morgan fingerprint density at radius 2 is 1.52 bits per heavy atom. The summed E-state index contributed by atoms with van der Waals surface area (Å²) in [5.41, 5.74) is -0.880. The van der Waals surface area contributed by atoms with Crippen molar-refractivity contribution < 1.29 is 24.5 Å². The molecule has 0 saturated heterocycles. The van der Waals surface area contributed by atoms with Gasteiger partial charge in [0.2, 0.25) is 0 Å². The molecule has 0 aliphatic rings. The number of pyridine rings is 1. The highest BCUT2D eigenvalue weighted by Gasteiger charge is 2.50. The second kappa shape index (κ2) is 9.28. The van der Waals surface area contributed by atoms with E-state index in [1.54, 1.807) is 57.4 Å². The summed E-state index contributed by atoms with van der Waals surface area (Å²) >= 11 is 0. The molecule has 1 heterocycles. The van der Waals surface area contributed by atoms with Crippen LogP contribution in [-0.4, -0.2) is 38.3 Å². The van der Waals surface area contributed by atoms with Gasteiger partial charge in [-0.3, -0.25) is 4.98 Å². The van der Waals surface area contributed by atoms with Gasteiger partial charge in [0.15, 0.2) is 0 Å². The van der Waals surface area contributed by atoms with E-state index in [0.29, 0.717) is 5.56 Å². The molecular formula is C21H27NO5. The van der Waals surface area contributed by atoms with Gasteiger partial charge in [-0.2, -0.15) is 0 Å². The van der Waals surface area contributed by atoms with Gasteiger partial charge in [0.05, 0.1) is 5.60 Å². The fraction of sp³-hybridized carbons (Fsp3) is 0.381. The van der Waals surface area contributed by atoms with Gasteiger partial charge >= 0.3 is 11.9 Å². The molecule has 146 valence electrons. The normalized spacial score (nSPS) is 11.3. The van der Waals surface area contributed by atoms with Crippen molar-refractivity contribution in [1.29, 1.82) is 0 Å². The van der Waals surface area contributed by atoms with Crippen LogP contribution in [0, 0.1) is 0 Å². The first kappa shape index (κ1) is 22.3. The predicted molar refractivity (Wildman–Crippen MR) is 104 cm³/mol. The minimum Gasteiger partial charge on any atom is -0.479 e. The number of aromatic nitrogens is 1. The zero-order valence-corrected chi connectivity index (χ0v) is 16.4. The van der Waals surface area contributed by atoms with Crippen LogP contribution in [-0.2, 0) is 20.7 Å². The second-order valence-electron chi connectivity index (χ2n) is 6.77. The average Bonchev–Trinajstić information content (AvgIpc) is 2.62. The Kier molecular flexibility index (Phi) is 7.67. The van der Waals surface area contributed by atoms with Gasteiger partial charge in [0.1, 0.15) is 0 Å². The van der Waals surface area contributed by atoms with E-state index in [9.17, 15) is 19.8 Å². The van der Waals surface area contributed by atoms with Crippen molar-refractivity contribution in [2.75, 3.05) is 0 Å². The molecule has 1 aromatic heterocycles. The Balaban J connectivity index is 0.00000176. The predicted octanol–water partition coefficient (Wildman–Crippen LogP) is 4.04. The maximum Gasteiger partial charge on any atom is 0.348 e. The molecule has 1 aromatic carbocycles. The largest absolute Gasteiger partial charge is 0.479 e. The fourth-order valence-corrected chi connectivity index (χ4v) is 2.52. The van der Waals surface area contributed by atoms with Crippen LogP contribution >= 0.6 is 0 Å². The summed E-state index contributed by atoms with van der Waals surface area (Å²) in [5, 5.41) is 19.1. The van der Waals surface area contributed by atoms with E-state index in [0.717, 1.165) is 11.1 Å². The highest BCUT2D eigenvalue weighted by molar-refractivity contribution is 6.02. The standard InChI is InChI=1S/C19H21NO5.C2H6/c1-18(2,3)25-19(16(21)22,17(23)24)11-13-6-8-14(9-7-13)15-5-4-10-20-12-15;1-2/h4-10,12H,11H2,1-3H3,(H,21,22)(H,23,24);1-2H3. The highest BCUT2D eigenvalue weighted by atomic mass is 16.6. The van der Waals surface area contributed by atoms with E-state index in [1.807, 2.05) is 26.0 Å². The van der Waals surface area contributed by atoms with Crippen molar-refractivity contribution >= 4 is 11.9 Å². The van der Waals surface area contributed by atoms with E-state index >= 15 is 0 Å². The maximum absolute atomic E-state index is 11.7. The monoisotopic (exact) mass is 373 g/mol. The molecule has 0 unspecified atom stereocenters. The first-order chi connectivity index (χ1) is 12.6. The van der Waals surface area contributed by atoms with Crippen molar-refractivity contribution in [1.82, 2.24) is 4.98 Å². The van der Waals surface area contributed by atoms with Gasteiger partial charge in [-0.1, -0.05) is 44.2 Å². The van der Waals surface area contributed by atoms with Crippen molar-refractivity contribution in [2.24, 2.45) is 0 Å². The molecule has 0 aliphatic carbocycles. The number of benzene rings is 1. The number of hydrogen-bond acceptors (Lipinski definition) is 4. The number of carboxylic acids is 2. The molecular weight excluding hydrogens is 346 g/mol. The van der Waals surface area contributed by atoms with Gasteiger partial charge < -0.3 is 14.9 Å². The molecule has 0 spiro atoms. The lowest BCUT2D eigenvalue weighted by atomic mass is 9.92. The molecule has 27 heavy (non-hydrogen) atoms. The van der Waals surface area contributed by atoms with Crippen molar-refractivity contribution in [3.05, 3.63) is 54.4 Å². The lowest BCUT2D eigenvalue weighted by Gasteiger charge is -2.33. The smallest absolute Gasteiger partial charge is 0.348 e. The Morgan fingerprint density at radius 1 is 0.963 bits per heavy atom. The van der Waals surface area contributed by atoms with Gasteiger partial charge in [-0.25, -0.2) is 9.59 Å². The molecule has 0 atom stereocenters.